The van der Waals surface area contributed by atoms with Crippen LogP contribution in [0.1, 0.15) is 32.1 Å². The first-order valence-electron chi connectivity index (χ1n) is 5.39. The minimum Gasteiger partial charge on any atom is -0.480 e. The van der Waals surface area contributed by atoms with E-state index >= 15 is 0 Å². The van der Waals surface area contributed by atoms with Gasteiger partial charge in [0.1, 0.15) is 6.04 Å². The Balaban J connectivity index is 2.40. The molecule has 1 amide bonds. The van der Waals surface area contributed by atoms with E-state index in [0.717, 1.165) is 19.3 Å². The molecular weight excluding hydrogens is 196 g/mol. The van der Waals surface area contributed by atoms with E-state index in [9.17, 15) is 9.59 Å². The molecule has 0 bridgehead atoms. The quantitative estimate of drug-likeness (QED) is 0.640. The number of nitrogens with zero attached hydrogens (tertiary/aromatic N) is 1. The molecule has 86 valence electrons. The topological polar surface area (TPSA) is 83.6 Å². The number of likely N-dealkylation sites (tertiary alicyclic amines) is 1. The maximum absolute atomic E-state index is 11.7. The van der Waals surface area contributed by atoms with Crippen molar-refractivity contribution in [2.75, 3.05) is 13.1 Å². The Hall–Kier alpha value is -1.10. The number of rotatable bonds is 5. The van der Waals surface area contributed by atoms with Gasteiger partial charge in [0, 0.05) is 13.0 Å². The number of unbranched alkanes of at least 4 members (excludes halogenated alkanes) is 1. The van der Waals surface area contributed by atoms with Crippen molar-refractivity contribution >= 4 is 11.9 Å². The number of carbonyl (C=O) groups is 2. The van der Waals surface area contributed by atoms with Crippen LogP contribution in [0.15, 0.2) is 0 Å². The summed E-state index contributed by atoms with van der Waals surface area (Å²) in [5.74, 6) is -0.937. The molecule has 3 N–H and O–H groups in total. The van der Waals surface area contributed by atoms with Gasteiger partial charge in [-0.2, -0.15) is 0 Å². The standard InChI is InChI=1S/C10H18N2O3/c11-6-2-1-5-9(13)12-7-3-4-8(12)10(14)15/h8H,1-7,11H2,(H,14,15). The lowest BCUT2D eigenvalue weighted by molar-refractivity contribution is -0.148. The van der Waals surface area contributed by atoms with Crippen LogP contribution in [0.4, 0.5) is 0 Å². The van der Waals surface area contributed by atoms with Crippen LogP contribution in [-0.2, 0) is 9.59 Å². The van der Waals surface area contributed by atoms with Gasteiger partial charge in [-0.25, -0.2) is 4.79 Å². The number of aliphatic carboxylic acids is 1. The van der Waals surface area contributed by atoms with Gasteiger partial charge in [-0.05, 0) is 32.2 Å². The summed E-state index contributed by atoms with van der Waals surface area (Å²) in [7, 11) is 0. The van der Waals surface area contributed by atoms with E-state index in [1.807, 2.05) is 0 Å². The highest BCUT2D eigenvalue weighted by molar-refractivity contribution is 5.84. The summed E-state index contributed by atoms with van der Waals surface area (Å²) in [5.41, 5.74) is 5.32. The molecule has 0 aromatic heterocycles. The van der Waals surface area contributed by atoms with Gasteiger partial charge in [0.15, 0.2) is 0 Å². The molecule has 1 saturated heterocycles. The molecule has 1 fully saturated rings. The number of hydrogen-bond donors (Lipinski definition) is 2. The van der Waals surface area contributed by atoms with Gasteiger partial charge < -0.3 is 15.7 Å². The second-order valence-electron chi connectivity index (χ2n) is 3.83. The molecule has 0 radical (unpaired) electrons. The first-order chi connectivity index (χ1) is 7.16. The van der Waals surface area contributed by atoms with Crippen molar-refractivity contribution in [2.45, 2.75) is 38.1 Å². The molecule has 15 heavy (non-hydrogen) atoms. The second kappa shape index (κ2) is 5.70. The van der Waals surface area contributed by atoms with Crippen LogP contribution in [-0.4, -0.2) is 41.0 Å². The van der Waals surface area contributed by atoms with E-state index in [1.54, 1.807) is 0 Å². The Morgan fingerprint density at radius 1 is 1.40 bits per heavy atom. The summed E-state index contributed by atoms with van der Waals surface area (Å²) in [4.78, 5) is 24.0. The third-order valence-corrected chi connectivity index (χ3v) is 2.70. The van der Waals surface area contributed by atoms with E-state index < -0.39 is 12.0 Å². The Morgan fingerprint density at radius 3 is 2.73 bits per heavy atom. The summed E-state index contributed by atoms with van der Waals surface area (Å²) in [6.07, 6.45) is 3.36. The monoisotopic (exact) mass is 214 g/mol. The Kier molecular flexibility index (Phi) is 4.55. The molecule has 1 unspecified atom stereocenters. The van der Waals surface area contributed by atoms with E-state index in [1.165, 1.54) is 4.90 Å². The third kappa shape index (κ3) is 3.20. The molecular formula is C10H18N2O3. The van der Waals surface area contributed by atoms with Gasteiger partial charge in [-0.15, -0.1) is 0 Å². The molecule has 1 rings (SSSR count). The zero-order chi connectivity index (χ0) is 11.3. The van der Waals surface area contributed by atoms with Crippen molar-refractivity contribution in [3.8, 4) is 0 Å². The summed E-state index contributed by atoms with van der Waals surface area (Å²) in [6, 6.07) is -0.602. The number of amides is 1. The molecule has 0 spiro atoms. The lowest BCUT2D eigenvalue weighted by atomic mass is 10.2. The number of carboxylic acid groups (broad SMARTS) is 1. The molecule has 0 aromatic carbocycles. The van der Waals surface area contributed by atoms with Crippen molar-refractivity contribution in [2.24, 2.45) is 5.73 Å². The number of carbonyl (C=O) groups excluding carboxylic acids is 1. The summed E-state index contributed by atoms with van der Waals surface area (Å²) < 4.78 is 0. The van der Waals surface area contributed by atoms with Crippen LogP contribution in [0.25, 0.3) is 0 Å². The smallest absolute Gasteiger partial charge is 0.326 e. The molecule has 1 heterocycles. The maximum atomic E-state index is 11.7. The van der Waals surface area contributed by atoms with Gasteiger partial charge >= 0.3 is 5.97 Å². The lowest BCUT2D eigenvalue weighted by Gasteiger charge is -2.21. The van der Waals surface area contributed by atoms with Crippen LogP contribution in [0.2, 0.25) is 0 Å². The SMILES string of the molecule is NCCCCC(=O)N1CCCC1C(=O)O. The molecule has 1 aliphatic rings. The average molecular weight is 214 g/mol. The van der Waals surface area contributed by atoms with Gasteiger partial charge in [-0.1, -0.05) is 0 Å². The minimum atomic E-state index is -0.889. The normalized spacial score (nSPS) is 20.6. The molecule has 0 saturated carbocycles. The first-order valence-corrected chi connectivity index (χ1v) is 5.39. The second-order valence-corrected chi connectivity index (χ2v) is 3.83. The van der Waals surface area contributed by atoms with Crippen molar-refractivity contribution < 1.29 is 14.7 Å². The largest absolute Gasteiger partial charge is 0.480 e. The molecule has 1 aliphatic heterocycles. The molecule has 0 aliphatic carbocycles. The Morgan fingerprint density at radius 2 is 2.13 bits per heavy atom. The molecule has 5 heteroatoms. The van der Waals surface area contributed by atoms with Gasteiger partial charge in [0.25, 0.3) is 0 Å². The minimum absolute atomic E-state index is 0.0478. The highest BCUT2D eigenvalue weighted by Gasteiger charge is 2.33. The van der Waals surface area contributed by atoms with Crippen LogP contribution < -0.4 is 5.73 Å². The van der Waals surface area contributed by atoms with Crippen molar-refractivity contribution in [3.63, 3.8) is 0 Å². The van der Waals surface area contributed by atoms with Crippen molar-refractivity contribution in [1.82, 2.24) is 4.90 Å². The summed E-state index contributed by atoms with van der Waals surface area (Å²) >= 11 is 0. The average Bonchev–Trinajstić information content (AvgIpc) is 2.66. The number of carboxylic acids is 1. The zero-order valence-electron chi connectivity index (χ0n) is 8.82. The fourth-order valence-corrected chi connectivity index (χ4v) is 1.89. The van der Waals surface area contributed by atoms with Crippen LogP contribution in [0.5, 0.6) is 0 Å². The number of hydrogen-bond acceptors (Lipinski definition) is 3. The zero-order valence-corrected chi connectivity index (χ0v) is 8.82. The molecule has 0 aromatic rings. The predicted molar refractivity (Wildman–Crippen MR) is 55.3 cm³/mol. The third-order valence-electron chi connectivity index (χ3n) is 2.70. The fraction of sp³-hybridized carbons (Fsp3) is 0.800. The Labute approximate surface area is 89.2 Å². The van der Waals surface area contributed by atoms with Crippen LogP contribution >= 0.6 is 0 Å². The van der Waals surface area contributed by atoms with Crippen LogP contribution in [0, 0.1) is 0 Å². The molecule has 5 nitrogen and oxygen atoms in total. The highest BCUT2D eigenvalue weighted by Crippen LogP contribution is 2.18. The van der Waals surface area contributed by atoms with E-state index in [2.05, 4.69) is 0 Å². The van der Waals surface area contributed by atoms with Gasteiger partial charge in [-0.3, -0.25) is 4.79 Å². The highest BCUT2D eigenvalue weighted by atomic mass is 16.4. The van der Waals surface area contributed by atoms with E-state index in [-0.39, 0.29) is 5.91 Å². The predicted octanol–water partition coefficient (Wildman–Crippen LogP) is 0.191. The molecule has 1 atom stereocenters. The number of nitrogens with two attached hydrogens (primary N) is 1. The lowest BCUT2D eigenvalue weighted by Crippen LogP contribution is -2.40. The maximum Gasteiger partial charge on any atom is 0.326 e. The summed E-state index contributed by atoms with van der Waals surface area (Å²) in [6.45, 7) is 1.16. The first kappa shape index (κ1) is 12.0. The van der Waals surface area contributed by atoms with Crippen molar-refractivity contribution in [1.29, 1.82) is 0 Å². The summed E-state index contributed by atoms with van der Waals surface area (Å²) in [5, 5.41) is 8.89. The Bertz CT molecular complexity index is 243. The van der Waals surface area contributed by atoms with E-state index in [4.69, 9.17) is 10.8 Å². The van der Waals surface area contributed by atoms with Gasteiger partial charge in [0.05, 0.1) is 0 Å². The van der Waals surface area contributed by atoms with Gasteiger partial charge in [0.2, 0.25) is 5.91 Å². The van der Waals surface area contributed by atoms with Crippen LogP contribution in [0.3, 0.4) is 0 Å². The fourth-order valence-electron chi connectivity index (χ4n) is 1.89. The van der Waals surface area contributed by atoms with E-state index in [0.29, 0.717) is 25.9 Å². The van der Waals surface area contributed by atoms with Crippen molar-refractivity contribution in [3.05, 3.63) is 0 Å².